The highest BCUT2D eigenvalue weighted by atomic mass is 35.5. The summed E-state index contributed by atoms with van der Waals surface area (Å²) in [7, 11) is -3.59. The first-order valence-electron chi connectivity index (χ1n) is 6.32. The summed E-state index contributed by atoms with van der Waals surface area (Å²) >= 11 is 5.89. The fourth-order valence-electron chi connectivity index (χ4n) is 2.14. The van der Waals surface area contributed by atoms with Crippen LogP contribution in [0.4, 0.5) is 4.39 Å². The number of amides is 1. The molecule has 1 aromatic carbocycles. The Labute approximate surface area is 136 Å². The van der Waals surface area contributed by atoms with E-state index in [4.69, 9.17) is 22.7 Å². The summed E-state index contributed by atoms with van der Waals surface area (Å²) in [6.07, 6.45) is 2.34. The predicted octanol–water partition coefficient (Wildman–Crippen LogP) is 1.31. The van der Waals surface area contributed by atoms with Gasteiger partial charge in [0.15, 0.2) is 9.84 Å². The van der Waals surface area contributed by atoms with Gasteiger partial charge in [-0.2, -0.15) is 0 Å². The van der Waals surface area contributed by atoms with Crippen molar-refractivity contribution in [3.05, 3.63) is 57.9 Å². The zero-order valence-electron chi connectivity index (χ0n) is 12.0. The van der Waals surface area contributed by atoms with E-state index in [0.717, 1.165) is 24.5 Å². The van der Waals surface area contributed by atoms with Gasteiger partial charge in [0.25, 0.3) is 5.91 Å². The second-order valence-corrected chi connectivity index (χ2v) is 7.36. The van der Waals surface area contributed by atoms with Crippen molar-refractivity contribution in [1.82, 2.24) is 4.57 Å². The summed E-state index contributed by atoms with van der Waals surface area (Å²) in [5.41, 5.74) is 4.96. The highest BCUT2D eigenvalue weighted by molar-refractivity contribution is 7.90. The fraction of sp³-hybridized carbons (Fsp3) is 0.143. The van der Waals surface area contributed by atoms with Gasteiger partial charge in [0.2, 0.25) is 0 Å². The first kappa shape index (κ1) is 17.2. The molecule has 9 heteroatoms. The van der Waals surface area contributed by atoms with Gasteiger partial charge in [0, 0.05) is 12.5 Å². The zero-order valence-corrected chi connectivity index (χ0v) is 13.6. The molecule has 122 valence electrons. The second kappa shape index (κ2) is 6.13. The molecule has 0 aliphatic heterocycles. The SMILES string of the molecule is CS(=O)(=O)c1ccc(F)cc1Cn1cc(Cl)cc(C(N)=O)c1=N. The van der Waals surface area contributed by atoms with E-state index in [1.54, 1.807) is 0 Å². The lowest BCUT2D eigenvalue weighted by molar-refractivity contribution is 0.0997. The van der Waals surface area contributed by atoms with E-state index >= 15 is 0 Å². The van der Waals surface area contributed by atoms with Gasteiger partial charge in [0.1, 0.15) is 11.3 Å². The van der Waals surface area contributed by atoms with Gasteiger partial charge in [-0.1, -0.05) is 11.6 Å². The van der Waals surface area contributed by atoms with Gasteiger partial charge in [-0.25, -0.2) is 12.8 Å². The van der Waals surface area contributed by atoms with Crippen LogP contribution in [-0.2, 0) is 16.4 Å². The van der Waals surface area contributed by atoms with Gasteiger partial charge in [0.05, 0.1) is 22.0 Å². The molecule has 0 saturated heterocycles. The molecular weight excluding hydrogens is 345 g/mol. The number of hydrogen-bond donors (Lipinski definition) is 2. The van der Waals surface area contributed by atoms with Crippen LogP contribution in [0, 0.1) is 11.2 Å². The van der Waals surface area contributed by atoms with E-state index in [1.165, 1.54) is 16.8 Å². The van der Waals surface area contributed by atoms with Crippen molar-refractivity contribution in [3.8, 4) is 0 Å². The molecule has 1 aromatic heterocycles. The van der Waals surface area contributed by atoms with Gasteiger partial charge in [-0.05, 0) is 29.8 Å². The highest BCUT2D eigenvalue weighted by Crippen LogP contribution is 2.19. The van der Waals surface area contributed by atoms with Crippen molar-refractivity contribution < 1.29 is 17.6 Å². The van der Waals surface area contributed by atoms with Crippen LogP contribution in [-0.4, -0.2) is 25.1 Å². The van der Waals surface area contributed by atoms with Gasteiger partial charge in [-0.3, -0.25) is 10.2 Å². The van der Waals surface area contributed by atoms with Crippen molar-refractivity contribution in [2.24, 2.45) is 5.73 Å². The van der Waals surface area contributed by atoms with E-state index < -0.39 is 21.6 Å². The van der Waals surface area contributed by atoms with Crippen LogP contribution >= 0.6 is 11.6 Å². The second-order valence-electron chi connectivity index (χ2n) is 4.94. The Kier molecular flexibility index (Phi) is 4.58. The van der Waals surface area contributed by atoms with Crippen LogP contribution in [0.2, 0.25) is 5.02 Å². The lowest BCUT2D eigenvalue weighted by atomic mass is 10.2. The van der Waals surface area contributed by atoms with Crippen LogP contribution in [0.1, 0.15) is 15.9 Å². The molecule has 0 aliphatic carbocycles. The molecule has 1 heterocycles. The Bertz CT molecular complexity index is 954. The number of carbonyl (C=O) groups is 1. The lowest BCUT2D eigenvalue weighted by Gasteiger charge is -2.13. The molecule has 0 bridgehead atoms. The van der Waals surface area contributed by atoms with Crippen LogP contribution in [0.3, 0.4) is 0 Å². The number of benzene rings is 1. The van der Waals surface area contributed by atoms with Crippen LogP contribution in [0.25, 0.3) is 0 Å². The van der Waals surface area contributed by atoms with Crippen molar-refractivity contribution >= 4 is 27.3 Å². The van der Waals surface area contributed by atoms with Gasteiger partial charge < -0.3 is 10.3 Å². The largest absolute Gasteiger partial charge is 0.365 e. The molecule has 0 spiro atoms. The van der Waals surface area contributed by atoms with Crippen molar-refractivity contribution in [3.63, 3.8) is 0 Å². The van der Waals surface area contributed by atoms with E-state index in [9.17, 15) is 17.6 Å². The molecule has 1 amide bonds. The summed E-state index contributed by atoms with van der Waals surface area (Å²) in [5.74, 6) is -1.45. The van der Waals surface area contributed by atoms with Gasteiger partial charge in [-0.15, -0.1) is 0 Å². The number of sulfone groups is 1. The number of halogens is 2. The summed E-state index contributed by atoms with van der Waals surface area (Å²) in [5, 5.41) is 8.11. The minimum atomic E-state index is -3.59. The molecule has 0 radical (unpaired) electrons. The molecule has 2 aromatic rings. The first-order valence-corrected chi connectivity index (χ1v) is 8.59. The third kappa shape index (κ3) is 3.77. The number of carbonyl (C=O) groups excluding carboxylic acids is 1. The maximum absolute atomic E-state index is 13.5. The quantitative estimate of drug-likeness (QED) is 0.805. The molecule has 0 fully saturated rings. The zero-order chi connectivity index (χ0) is 17.4. The van der Waals surface area contributed by atoms with E-state index in [2.05, 4.69) is 0 Å². The van der Waals surface area contributed by atoms with Crippen LogP contribution < -0.4 is 11.2 Å². The summed E-state index contributed by atoms with van der Waals surface area (Å²) in [6.45, 7) is -0.153. The molecule has 3 N–H and O–H groups in total. The third-order valence-corrected chi connectivity index (χ3v) is 4.54. The smallest absolute Gasteiger partial charge is 0.252 e. The number of nitrogens with zero attached hydrogens (tertiary/aromatic N) is 1. The molecule has 0 atom stereocenters. The molecule has 0 unspecified atom stereocenters. The lowest BCUT2D eigenvalue weighted by Crippen LogP contribution is -2.30. The monoisotopic (exact) mass is 357 g/mol. The maximum Gasteiger partial charge on any atom is 0.252 e. The third-order valence-electron chi connectivity index (χ3n) is 3.13. The van der Waals surface area contributed by atoms with Gasteiger partial charge >= 0.3 is 0 Å². The molecule has 23 heavy (non-hydrogen) atoms. The number of nitrogens with one attached hydrogen (secondary N) is 1. The minimum Gasteiger partial charge on any atom is -0.365 e. The summed E-state index contributed by atoms with van der Waals surface area (Å²) in [6, 6.07) is 4.50. The number of pyridine rings is 1. The van der Waals surface area contributed by atoms with E-state index in [-0.39, 0.29) is 33.1 Å². The molecule has 0 saturated carbocycles. The van der Waals surface area contributed by atoms with E-state index in [0.29, 0.717) is 0 Å². The normalized spacial score (nSPS) is 11.4. The summed E-state index contributed by atoms with van der Waals surface area (Å²) < 4.78 is 38.3. The number of primary amides is 1. The van der Waals surface area contributed by atoms with Crippen molar-refractivity contribution in [1.29, 1.82) is 5.41 Å². The average Bonchev–Trinajstić information content (AvgIpc) is 2.40. The first-order chi connectivity index (χ1) is 10.6. The topological polar surface area (TPSA) is 106 Å². The number of nitrogens with two attached hydrogens (primary N) is 1. The van der Waals surface area contributed by atoms with Crippen molar-refractivity contribution in [2.75, 3.05) is 6.26 Å². The predicted molar refractivity (Wildman–Crippen MR) is 82.4 cm³/mol. The minimum absolute atomic E-state index is 0.0635. The Morgan fingerprint density at radius 2 is 2.04 bits per heavy atom. The molecular formula is C14H13ClFN3O3S. The maximum atomic E-state index is 13.5. The molecule has 6 nitrogen and oxygen atoms in total. The highest BCUT2D eigenvalue weighted by Gasteiger charge is 2.16. The standard InChI is InChI=1S/C14H13ClFN3O3S/c1-23(21,22)12-3-2-10(16)4-8(12)6-19-7-9(15)5-11(13(19)17)14(18)20/h2-5,7,17H,6H2,1H3,(H2,18,20). The van der Waals surface area contributed by atoms with Crippen LogP contribution in [0.15, 0.2) is 35.4 Å². The van der Waals surface area contributed by atoms with E-state index in [1.807, 2.05) is 0 Å². The number of aromatic nitrogens is 1. The Balaban J connectivity index is 2.63. The molecule has 0 aliphatic rings. The number of rotatable bonds is 4. The van der Waals surface area contributed by atoms with Crippen LogP contribution in [0.5, 0.6) is 0 Å². The fourth-order valence-corrected chi connectivity index (χ4v) is 3.28. The average molecular weight is 358 g/mol. The molecule has 2 rings (SSSR count). The Morgan fingerprint density at radius 3 is 2.61 bits per heavy atom. The van der Waals surface area contributed by atoms with Crippen molar-refractivity contribution in [2.45, 2.75) is 11.4 Å². The Hall–Kier alpha value is -2.19. The number of hydrogen-bond acceptors (Lipinski definition) is 4. The Morgan fingerprint density at radius 1 is 1.39 bits per heavy atom. The summed E-state index contributed by atoms with van der Waals surface area (Å²) in [4.78, 5) is 11.3.